The van der Waals surface area contributed by atoms with Crippen molar-refractivity contribution in [1.82, 2.24) is 5.32 Å². The van der Waals surface area contributed by atoms with Gasteiger partial charge in [-0.25, -0.2) is 0 Å². The highest BCUT2D eigenvalue weighted by molar-refractivity contribution is 4.84. The van der Waals surface area contributed by atoms with Crippen LogP contribution in [0.5, 0.6) is 0 Å². The fraction of sp³-hybridized carbons (Fsp3) is 1.00. The number of halogens is 3. The third kappa shape index (κ3) is 6.44. The number of alkyl halides is 3. The molecule has 0 amide bonds. The molecule has 1 aliphatic carbocycles. The summed E-state index contributed by atoms with van der Waals surface area (Å²) in [5, 5.41) is 3.18. The summed E-state index contributed by atoms with van der Waals surface area (Å²) in [6.45, 7) is 2.58. The molecule has 0 spiro atoms. The molecule has 2 unspecified atom stereocenters. The molecule has 1 fully saturated rings. The average molecular weight is 295 g/mol. The summed E-state index contributed by atoms with van der Waals surface area (Å²) >= 11 is 0. The lowest BCUT2D eigenvalue weighted by Gasteiger charge is -2.35. The minimum absolute atomic E-state index is 0.0281. The Balaban J connectivity index is 2.51. The molecule has 0 aromatic heterocycles. The first-order chi connectivity index (χ1) is 9.48. The van der Waals surface area contributed by atoms with Gasteiger partial charge in [0.25, 0.3) is 0 Å². The second-order valence-corrected chi connectivity index (χ2v) is 5.72. The van der Waals surface area contributed by atoms with Crippen molar-refractivity contribution in [3.63, 3.8) is 0 Å². The lowest BCUT2D eigenvalue weighted by Crippen LogP contribution is -2.44. The van der Waals surface area contributed by atoms with Gasteiger partial charge in [0.05, 0.1) is 6.10 Å². The highest BCUT2D eigenvalue weighted by Crippen LogP contribution is 2.31. The van der Waals surface area contributed by atoms with Crippen molar-refractivity contribution in [3.8, 4) is 0 Å². The predicted octanol–water partition coefficient (Wildman–Crippen LogP) is 4.29. The Labute approximate surface area is 120 Å². The zero-order chi connectivity index (χ0) is 15.0. The van der Waals surface area contributed by atoms with Crippen molar-refractivity contribution < 1.29 is 17.9 Å². The molecule has 120 valence electrons. The Morgan fingerprint density at radius 2 is 1.85 bits per heavy atom. The van der Waals surface area contributed by atoms with Gasteiger partial charge in [0.2, 0.25) is 0 Å². The number of ether oxygens (including phenoxy) is 1. The Bertz CT molecular complexity index is 252. The van der Waals surface area contributed by atoms with Crippen LogP contribution in [0.15, 0.2) is 0 Å². The van der Waals surface area contributed by atoms with Crippen LogP contribution in [0, 0.1) is 5.92 Å². The zero-order valence-electron chi connectivity index (χ0n) is 12.6. The third-order valence-corrected chi connectivity index (χ3v) is 4.22. The number of hydrogen-bond donors (Lipinski definition) is 1. The molecule has 0 aliphatic heterocycles. The summed E-state index contributed by atoms with van der Waals surface area (Å²) in [6.07, 6.45) is 1.98. The van der Waals surface area contributed by atoms with Crippen molar-refractivity contribution in [2.75, 3.05) is 13.7 Å². The van der Waals surface area contributed by atoms with Crippen LogP contribution in [0.4, 0.5) is 13.2 Å². The van der Waals surface area contributed by atoms with E-state index in [0.717, 1.165) is 12.8 Å². The topological polar surface area (TPSA) is 21.3 Å². The maximum absolute atomic E-state index is 12.3. The Hall–Kier alpha value is -0.290. The molecule has 0 aromatic rings. The maximum Gasteiger partial charge on any atom is 0.389 e. The zero-order valence-corrected chi connectivity index (χ0v) is 12.6. The van der Waals surface area contributed by atoms with E-state index in [-0.39, 0.29) is 18.6 Å². The summed E-state index contributed by atoms with van der Waals surface area (Å²) in [5.41, 5.74) is 0. The maximum atomic E-state index is 12.3. The molecular weight excluding hydrogens is 267 g/mol. The van der Waals surface area contributed by atoms with Gasteiger partial charge >= 0.3 is 6.18 Å². The van der Waals surface area contributed by atoms with Crippen LogP contribution in [-0.4, -0.2) is 32.0 Å². The fourth-order valence-corrected chi connectivity index (χ4v) is 3.23. The SMILES string of the molecule is CCOC(C1CCCCC1)C(CCCC(F)(F)F)NC. The minimum atomic E-state index is -4.05. The first kappa shape index (κ1) is 17.8. The lowest BCUT2D eigenvalue weighted by atomic mass is 9.81. The standard InChI is InChI=1S/C15H28F3NO/c1-3-20-14(12-8-5-4-6-9-12)13(19-2)10-7-11-15(16,17)18/h12-14,19H,3-11H2,1-2H3. The molecule has 0 bridgehead atoms. The number of likely N-dealkylation sites (N-methyl/N-ethyl adjacent to an activating group) is 1. The summed E-state index contributed by atoms with van der Waals surface area (Å²) in [7, 11) is 1.83. The fourth-order valence-electron chi connectivity index (χ4n) is 3.23. The van der Waals surface area contributed by atoms with Crippen LogP contribution in [-0.2, 0) is 4.74 Å². The average Bonchev–Trinajstić information content (AvgIpc) is 2.41. The molecule has 0 heterocycles. The van der Waals surface area contributed by atoms with E-state index in [0.29, 0.717) is 18.9 Å². The van der Waals surface area contributed by atoms with Gasteiger partial charge in [0.15, 0.2) is 0 Å². The second-order valence-electron chi connectivity index (χ2n) is 5.72. The van der Waals surface area contributed by atoms with Crippen LogP contribution in [0.1, 0.15) is 58.3 Å². The van der Waals surface area contributed by atoms with Crippen molar-refractivity contribution in [1.29, 1.82) is 0 Å². The monoisotopic (exact) mass is 295 g/mol. The smallest absolute Gasteiger partial charge is 0.377 e. The number of rotatable bonds is 8. The first-order valence-corrected chi connectivity index (χ1v) is 7.83. The third-order valence-electron chi connectivity index (χ3n) is 4.22. The second kappa shape index (κ2) is 8.88. The van der Waals surface area contributed by atoms with Crippen molar-refractivity contribution in [2.45, 2.75) is 76.6 Å². The van der Waals surface area contributed by atoms with Crippen LogP contribution in [0.3, 0.4) is 0 Å². The molecule has 20 heavy (non-hydrogen) atoms. The van der Waals surface area contributed by atoms with Gasteiger partial charge in [-0.05, 0) is 45.6 Å². The van der Waals surface area contributed by atoms with E-state index in [1.54, 1.807) is 0 Å². The van der Waals surface area contributed by atoms with Gasteiger partial charge < -0.3 is 10.1 Å². The van der Waals surface area contributed by atoms with E-state index in [2.05, 4.69) is 5.32 Å². The number of nitrogens with one attached hydrogen (secondary N) is 1. The lowest BCUT2D eigenvalue weighted by molar-refractivity contribution is -0.136. The minimum Gasteiger partial charge on any atom is -0.377 e. The molecule has 1 N–H and O–H groups in total. The quantitative estimate of drug-likeness (QED) is 0.721. The van der Waals surface area contributed by atoms with E-state index in [4.69, 9.17) is 4.74 Å². The molecule has 0 saturated heterocycles. The van der Waals surface area contributed by atoms with Crippen LogP contribution in [0.25, 0.3) is 0 Å². The molecular formula is C15H28F3NO. The summed E-state index contributed by atoms with van der Waals surface area (Å²) < 4.78 is 42.7. The van der Waals surface area contributed by atoms with Crippen LogP contribution in [0.2, 0.25) is 0 Å². The summed E-state index contributed by atoms with van der Waals surface area (Å²) in [6, 6.07) is 0.0281. The van der Waals surface area contributed by atoms with Gasteiger partial charge in [-0.15, -0.1) is 0 Å². The largest absolute Gasteiger partial charge is 0.389 e. The first-order valence-electron chi connectivity index (χ1n) is 7.83. The molecule has 0 radical (unpaired) electrons. The Kier molecular flexibility index (Phi) is 7.88. The van der Waals surface area contributed by atoms with Gasteiger partial charge in [-0.1, -0.05) is 19.3 Å². The number of hydrogen-bond acceptors (Lipinski definition) is 2. The normalized spacial score (nSPS) is 20.9. The van der Waals surface area contributed by atoms with Crippen molar-refractivity contribution in [3.05, 3.63) is 0 Å². The molecule has 1 aliphatic rings. The molecule has 2 nitrogen and oxygen atoms in total. The van der Waals surface area contributed by atoms with Crippen LogP contribution >= 0.6 is 0 Å². The summed E-state index contributed by atoms with van der Waals surface area (Å²) in [4.78, 5) is 0. The van der Waals surface area contributed by atoms with E-state index in [9.17, 15) is 13.2 Å². The molecule has 1 saturated carbocycles. The Morgan fingerprint density at radius 1 is 1.20 bits per heavy atom. The van der Waals surface area contributed by atoms with E-state index in [1.807, 2.05) is 14.0 Å². The molecule has 5 heteroatoms. The molecule has 1 rings (SSSR count). The Morgan fingerprint density at radius 3 is 2.35 bits per heavy atom. The molecule has 2 atom stereocenters. The van der Waals surface area contributed by atoms with E-state index >= 15 is 0 Å². The van der Waals surface area contributed by atoms with Gasteiger partial charge in [0, 0.05) is 19.1 Å². The van der Waals surface area contributed by atoms with E-state index in [1.165, 1.54) is 19.3 Å². The van der Waals surface area contributed by atoms with Gasteiger partial charge in [-0.2, -0.15) is 13.2 Å². The molecule has 0 aromatic carbocycles. The highest BCUT2D eigenvalue weighted by atomic mass is 19.4. The van der Waals surface area contributed by atoms with Gasteiger partial charge in [-0.3, -0.25) is 0 Å². The van der Waals surface area contributed by atoms with Crippen LogP contribution < -0.4 is 5.32 Å². The van der Waals surface area contributed by atoms with Crippen molar-refractivity contribution in [2.24, 2.45) is 5.92 Å². The van der Waals surface area contributed by atoms with Gasteiger partial charge in [0.1, 0.15) is 0 Å². The highest BCUT2D eigenvalue weighted by Gasteiger charge is 2.32. The van der Waals surface area contributed by atoms with E-state index < -0.39 is 12.6 Å². The van der Waals surface area contributed by atoms with Crippen molar-refractivity contribution >= 4 is 0 Å². The summed E-state index contributed by atoms with van der Waals surface area (Å²) in [5.74, 6) is 0.493. The predicted molar refractivity (Wildman–Crippen MR) is 74.7 cm³/mol.